The van der Waals surface area contributed by atoms with Crippen LogP contribution in [0.25, 0.3) is 0 Å². The number of nitrogens with zero attached hydrogens (tertiary/aromatic N) is 1. The van der Waals surface area contributed by atoms with E-state index in [1.165, 1.54) is 0 Å². The number of alkyl carbamates (subject to hydrolysis) is 1. The fraction of sp³-hybridized carbons (Fsp3) is 0.500. The van der Waals surface area contributed by atoms with Crippen molar-refractivity contribution in [1.29, 1.82) is 0 Å². The van der Waals surface area contributed by atoms with Gasteiger partial charge in [-0.3, -0.25) is 4.98 Å². The molecular weight excluding hydrogens is 296 g/mol. The highest BCUT2D eigenvalue weighted by molar-refractivity contribution is 6.31. The van der Waals surface area contributed by atoms with Crippen LogP contribution < -0.4 is 5.32 Å². The van der Waals surface area contributed by atoms with Gasteiger partial charge in [0.15, 0.2) is 0 Å². The number of amides is 1. The smallest absolute Gasteiger partial charge is 0.408 e. The van der Waals surface area contributed by atoms with Crippen LogP contribution in [0.4, 0.5) is 4.79 Å². The molecule has 0 aromatic carbocycles. The fourth-order valence-electron chi connectivity index (χ4n) is 1.59. The monoisotopic (exact) mass is 314 g/mol. The summed E-state index contributed by atoms with van der Waals surface area (Å²) in [7, 11) is 0. The van der Waals surface area contributed by atoms with Crippen LogP contribution in [0, 0.1) is 0 Å². The molecule has 0 spiro atoms. The lowest BCUT2D eigenvalue weighted by Crippen LogP contribution is -2.43. The molecule has 7 heteroatoms. The van der Waals surface area contributed by atoms with E-state index in [0.717, 1.165) is 0 Å². The maximum absolute atomic E-state index is 11.6. The number of carbonyl (C=O) groups excluding carboxylic acids is 1. The van der Waals surface area contributed by atoms with Crippen LogP contribution in [-0.2, 0) is 16.0 Å². The van der Waals surface area contributed by atoms with E-state index in [1.807, 2.05) is 0 Å². The van der Waals surface area contributed by atoms with E-state index in [9.17, 15) is 9.59 Å². The van der Waals surface area contributed by atoms with Crippen molar-refractivity contribution in [1.82, 2.24) is 10.3 Å². The number of rotatable bonds is 5. The fourth-order valence-corrected chi connectivity index (χ4v) is 1.81. The Labute approximate surface area is 128 Å². The Morgan fingerprint density at radius 1 is 1.48 bits per heavy atom. The van der Waals surface area contributed by atoms with E-state index >= 15 is 0 Å². The van der Waals surface area contributed by atoms with Crippen LogP contribution in [0.3, 0.4) is 0 Å². The topological polar surface area (TPSA) is 88.5 Å². The molecule has 1 aromatic rings. The van der Waals surface area contributed by atoms with Gasteiger partial charge in [-0.05, 0) is 45.7 Å². The molecule has 0 bridgehead atoms. The molecule has 1 rings (SSSR count). The summed E-state index contributed by atoms with van der Waals surface area (Å²) in [5, 5.41) is 11.9. The van der Waals surface area contributed by atoms with Gasteiger partial charge in [0.1, 0.15) is 11.6 Å². The lowest BCUT2D eigenvalue weighted by molar-refractivity contribution is -0.139. The number of aryl methyl sites for hydroxylation is 1. The highest BCUT2D eigenvalue weighted by Gasteiger charge is 2.24. The molecule has 1 heterocycles. The van der Waals surface area contributed by atoms with E-state index in [0.29, 0.717) is 17.1 Å². The van der Waals surface area contributed by atoms with E-state index in [1.54, 1.807) is 39.1 Å². The Morgan fingerprint density at radius 2 is 2.14 bits per heavy atom. The molecule has 0 aliphatic heterocycles. The van der Waals surface area contributed by atoms with E-state index < -0.39 is 23.7 Å². The molecule has 1 aromatic heterocycles. The van der Waals surface area contributed by atoms with Crippen LogP contribution >= 0.6 is 11.6 Å². The van der Waals surface area contributed by atoms with Gasteiger partial charge in [0.05, 0.1) is 10.7 Å². The molecule has 0 aliphatic rings. The number of aromatic nitrogens is 1. The molecule has 0 saturated heterocycles. The summed E-state index contributed by atoms with van der Waals surface area (Å²) in [5.41, 5.74) is -0.0892. The number of hydrogen-bond donors (Lipinski definition) is 2. The Hall–Kier alpha value is -1.82. The maximum Gasteiger partial charge on any atom is 0.408 e. The lowest BCUT2D eigenvalue weighted by Gasteiger charge is -2.22. The molecule has 0 saturated carbocycles. The van der Waals surface area contributed by atoms with Crippen molar-refractivity contribution < 1.29 is 19.4 Å². The second-order valence-electron chi connectivity index (χ2n) is 5.51. The van der Waals surface area contributed by atoms with Gasteiger partial charge < -0.3 is 15.2 Å². The van der Waals surface area contributed by atoms with Gasteiger partial charge in [-0.1, -0.05) is 11.6 Å². The highest BCUT2D eigenvalue weighted by atomic mass is 35.5. The molecule has 1 atom stereocenters. The molecule has 1 unspecified atom stereocenters. The molecule has 116 valence electrons. The van der Waals surface area contributed by atoms with Crippen molar-refractivity contribution in [3.8, 4) is 0 Å². The number of ether oxygens (including phenoxy) is 1. The summed E-state index contributed by atoms with van der Waals surface area (Å²) in [5.74, 6) is -1.13. The third kappa shape index (κ3) is 6.44. The summed E-state index contributed by atoms with van der Waals surface area (Å²) >= 11 is 5.96. The summed E-state index contributed by atoms with van der Waals surface area (Å²) in [4.78, 5) is 26.9. The van der Waals surface area contributed by atoms with E-state index in [-0.39, 0.29) is 6.42 Å². The zero-order chi connectivity index (χ0) is 16.0. The van der Waals surface area contributed by atoms with Crippen LogP contribution in [0.5, 0.6) is 0 Å². The number of pyridine rings is 1. The number of carbonyl (C=O) groups is 2. The van der Waals surface area contributed by atoms with E-state index in [4.69, 9.17) is 21.4 Å². The maximum atomic E-state index is 11.6. The average molecular weight is 315 g/mol. The first-order chi connectivity index (χ1) is 9.69. The first kappa shape index (κ1) is 17.2. The minimum atomic E-state index is -1.13. The Kier molecular flexibility index (Phi) is 5.96. The summed E-state index contributed by atoms with van der Waals surface area (Å²) in [6.07, 6.45) is 1.33. The SMILES string of the molecule is CC(C)(C)OC(=O)NC(CCc1ncccc1Cl)C(=O)O. The second kappa shape index (κ2) is 7.26. The summed E-state index contributed by atoms with van der Waals surface area (Å²) in [6.45, 7) is 5.11. The van der Waals surface area contributed by atoms with Gasteiger partial charge in [-0.15, -0.1) is 0 Å². The molecule has 1 amide bonds. The molecule has 21 heavy (non-hydrogen) atoms. The molecule has 0 radical (unpaired) electrons. The number of halogens is 1. The predicted octanol–water partition coefficient (Wildman–Crippen LogP) is 2.65. The van der Waals surface area contributed by atoms with Crippen molar-refractivity contribution in [2.45, 2.75) is 45.3 Å². The van der Waals surface area contributed by atoms with Crippen LogP contribution in [-0.4, -0.2) is 33.8 Å². The minimum Gasteiger partial charge on any atom is -0.480 e. The lowest BCUT2D eigenvalue weighted by atomic mass is 10.1. The highest BCUT2D eigenvalue weighted by Crippen LogP contribution is 2.15. The normalized spacial score (nSPS) is 12.6. The average Bonchev–Trinajstić information content (AvgIpc) is 2.33. The van der Waals surface area contributed by atoms with Crippen LogP contribution in [0.15, 0.2) is 18.3 Å². The summed E-state index contributed by atoms with van der Waals surface area (Å²) in [6, 6.07) is 2.32. The van der Waals surface area contributed by atoms with Gasteiger partial charge in [0.25, 0.3) is 0 Å². The number of carboxylic acids is 1. The standard InChI is InChI=1S/C14H19ClN2O4/c1-14(2,3)21-13(20)17-11(12(18)19)7-6-10-9(15)5-4-8-16-10/h4-5,8,11H,6-7H2,1-3H3,(H,17,20)(H,18,19). The Bertz CT molecular complexity index is 514. The van der Waals surface area contributed by atoms with E-state index in [2.05, 4.69) is 10.3 Å². The van der Waals surface area contributed by atoms with Crippen LogP contribution in [0.1, 0.15) is 32.9 Å². The van der Waals surface area contributed by atoms with Crippen molar-refractivity contribution in [2.24, 2.45) is 0 Å². The van der Waals surface area contributed by atoms with Gasteiger partial charge in [0, 0.05) is 6.20 Å². The quantitative estimate of drug-likeness (QED) is 0.872. The second-order valence-corrected chi connectivity index (χ2v) is 5.91. The molecule has 6 nitrogen and oxygen atoms in total. The van der Waals surface area contributed by atoms with Gasteiger partial charge in [-0.2, -0.15) is 0 Å². The minimum absolute atomic E-state index is 0.172. The summed E-state index contributed by atoms with van der Waals surface area (Å²) < 4.78 is 5.04. The van der Waals surface area contributed by atoms with Crippen LogP contribution in [0.2, 0.25) is 5.02 Å². The Morgan fingerprint density at radius 3 is 2.67 bits per heavy atom. The third-order valence-electron chi connectivity index (χ3n) is 2.49. The number of hydrogen-bond acceptors (Lipinski definition) is 4. The largest absolute Gasteiger partial charge is 0.480 e. The molecule has 2 N–H and O–H groups in total. The van der Waals surface area contributed by atoms with Crippen molar-refractivity contribution >= 4 is 23.7 Å². The first-order valence-electron chi connectivity index (χ1n) is 6.51. The van der Waals surface area contributed by atoms with Crippen molar-refractivity contribution in [3.63, 3.8) is 0 Å². The number of carboxylic acid groups (broad SMARTS) is 1. The van der Waals surface area contributed by atoms with Gasteiger partial charge in [-0.25, -0.2) is 9.59 Å². The zero-order valence-electron chi connectivity index (χ0n) is 12.2. The van der Waals surface area contributed by atoms with Gasteiger partial charge in [0.2, 0.25) is 0 Å². The number of nitrogens with one attached hydrogen (secondary N) is 1. The Balaban J connectivity index is 2.61. The molecule has 0 fully saturated rings. The predicted molar refractivity (Wildman–Crippen MR) is 78.4 cm³/mol. The molecular formula is C14H19ClN2O4. The third-order valence-corrected chi connectivity index (χ3v) is 2.84. The number of aliphatic carboxylic acids is 1. The van der Waals surface area contributed by atoms with Crippen molar-refractivity contribution in [2.75, 3.05) is 0 Å². The first-order valence-corrected chi connectivity index (χ1v) is 6.88. The zero-order valence-corrected chi connectivity index (χ0v) is 13.0. The molecule has 0 aliphatic carbocycles. The van der Waals surface area contributed by atoms with Crippen molar-refractivity contribution in [3.05, 3.63) is 29.0 Å². The van der Waals surface area contributed by atoms with Gasteiger partial charge >= 0.3 is 12.1 Å².